The molecule has 7 heteroatoms. The number of carbonyl (C=O) groups excluding carboxylic acids is 1. The second kappa shape index (κ2) is 8.67. The molecule has 1 atom stereocenters. The van der Waals surface area contributed by atoms with E-state index in [4.69, 9.17) is 17.3 Å². The van der Waals surface area contributed by atoms with E-state index in [0.717, 1.165) is 25.9 Å². The Balaban J connectivity index is 0.00000180. The van der Waals surface area contributed by atoms with Gasteiger partial charge in [-0.1, -0.05) is 11.6 Å². The zero-order valence-electron chi connectivity index (χ0n) is 11.3. The van der Waals surface area contributed by atoms with Crippen LogP contribution in [0, 0.1) is 5.92 Å². The molecule has 2 heterocycles. The highest BCUT2D eigenvalue weighted by molar-refractivity contribution is 6.30. The molecule has 0 aromatic carbocycles. The predicted octanol–water partition coefficient (Wildman–Crippen LogP) is 2.78. The lowest BCUT2D eigenvalue weighted by molar-refractivity contribution is 0.0675. The van der Waals surface area contributed by atoms with Crippen LogP contribution in [-0.2, 0) is 0 Å². The minimum absolute atomic E-state index is 0. The van der Waals surface area contributed by atoms with E-state index in [2.05, 4.69) is 4.98 Å². The minimum Gasteiger partial charge on any atom is -0.337 e. The molecule has 1 aromatic heterocycles. The fourth-order valence-corrected chi connectivity index (χ4v) is 2.40. The Morgan fingerprint density at radius 3 is 2.45 bits per heavy atom. The summed E-state index contributed by atoms with van der Waals surface area (Å²) in [7, 11) is 0. The van der Waals surface area contributed by atoms with E-state index in [1.807, 2.05) is 11.8 Å². The second-order valence-corrected chi connectivity index (χ2v) is 5.29. The number of piperidine rings is 1. The zero-order valence-corrected chi connectivity index (χ0v) is 13.7. The normalized spacial score (nSPS) is 16.9. The molecule has 0 spiro atoms. The lowest BCUT2D eigenvalue weighted by Gasteiger charge is -2.33. The van der Waals surface area contributed by atoms with Gasteiger partial charge in [0.15, 0.2) is 0 Å². The number of halogens is 3. The number of hydrogen-bond donors (Lipinski definition) is 1. The monoisotopic (exact) mass is 339 g/mol. The fourth-order valence-electron chi connectivity index (χ4n) is 2.29. The molecule has 114 valence electrons. The van der Waals surface area contributed by atoms with E-state index < -0.39 is 0 Å². The molecule has 2 N–H and O–H groups in total. The first kappa shape index (κ1) is 19.4. The third kappa shape index (κ3) is 4.77. The summed E-state index contributed by atoms with van der Waals surface area (Å²) < 4.78 is 0. The number of aromatic nitrogens is 1. The molecule has 1 aliphatic rings. The van der Waals surface area contributed by atoms with E-state index in [1.54, 1.807) is 12.1 Å². The van der Waals surface area contributed by atoms with Crippen molar-refractivity contribution in [2.45, 2.75) is 25.8 Å². The predicted molar refractivity (Wildman–Crippen MR) is 86.0 cm³/mol. The van der Waals surface area contributed by atoms with Crippen LogP contribution >= 0.6 is 36.4 Å². The molecule has 1 fully saturated rings. The van der Waals surface area contributed by atoms with Crippen molar-refractivity contribution in [2.24, 2.45) is 11.7 Å². The van der Waals surface area contributed by atoms with Gasteiger partial charge in [0.05, 0.1) is 5.02 Å². The Morgan fingerprint density at radius 2 is 2.00 bits per heavy atom. The van der Waals surface area contributed by atoms with Gasteiger partial charge in [0.25, 0.3) is 5.91 Å². The summed E-state index contributed by atoms with van der Waals surface area (Å²) in [5.41, 5.74) is 6.34. The number of amides is 1. The van der Waals surface area contributed by atoms with Gasteiger partial charge in [0.1, 0.15) is 5.69 Å². The summed E-state index contributed by atoms with van der Waals surface area (Å²) in [4.78, 5) is 18.1. The van der Waals surface area contributed by atoms with Crippen molar-refractivity contribution in [3.8, 4) is 0 Å². The van der Waals surface area contributed by atoms with Crippen molar-refractivity contribution in [3.63, 3.8) is 0 Å². The molecule has 4 nitrogen and oxygen atoms in total. The third-order valence-electron chi connectivity index (χ3n) is 3.52. The molecule has 0 saturated carbocycles. The van der Waals surface area contributed by atoms with E-state index in [-0.39, 0.29) is 36.8 Å². The number of nitrogens with two attached hydrogens (primary N) is 1. The van der Waals surface area contributed by atoms with Crippen LogP contribution in [0.5, 0.6) is 0 Å². The number of carbonyl (C=O) groups is 1. The molecule has 1 unspecified atom stereocenters. The summed E-state index contributed by atoms with van der Waals surface area (Å²) in [6.07, 6.45) is 3.44. The summed E-state index contributed by atoms with van der Waals surface area (Å²) in [6.45, 7) is 3.55. The first-order chi connectivity index (χ1) is 8.58. The van der Waals surface area contributed by atoms with Crippen LogP contribution in [0.4, 0.5) is 0 Å². The van der Waals surface area contributed by atoms with Gasteiger partial charge >= 0.3 is 0 Å². The first-order valence-corrected chi connectivity index (χ1v) is 6.62. The summed E-state index contributed by atoms with van der Waals surface area (Å²) in [5.74, 6) is 0.502. The molecule has 0 aliphatic carbocycles. The van der Waals surface area contributed by atoms with Gasteiger partial charge in [-0.15, -0.1) is 24.8 Å². The van der Waals surface area contributed by atoms with Crippen molar-refractivity contribution in [3.05, 3.63) is 29.0 Å². The van der Waals surface area contributed by atoms with Crippen LogP contribution in [0.1, 0.15) is 30.3 Å². The number of nitrogens with zero attached hydrogens (tertiary/aromatic N) is 2. The van der Waals surface area contributed by atoms with E-state index >= 15 is 0 Å². The van der Waals surface area contributed by atoms with E-state index in [9.17, 15) is 4.79 Å². The molecular formula is C13H20Cl3N3O. The summed E-state index contributed by atoms with van der Waals surface area (Å²) in [6, 6.07) is 3.56. The van der Waals surface area contributed by atoms with Crippen LogP contribution in [-0.4, -0.2) is 34.9 Å². The quantitative estimate of drug-likeness (QED) is 0.900. The number of rotatable bonds is 2. The van der Waals surface area contributed by atoms with Crippen LogP contribution < -0.4 is 5.73 Å². The minimum atomic E-state index is -0.0187. The van der Waals surface area contributed by atoms with Gasteiger partial charge < -0.3 is 10.6 Å². The standard InChI is InChI=1S/C13H18ClN3O.2ClH/c1-9(15)10-4-6-17(7-5-10)13(18)12-3-2-11(14)8-16-12;;/h2-3,8-10H,4-7,15H2,1H3;2*1H. The van der Waals surface area contributed by atoms with Crippen molar-refractivity contribution < 1.29 is 4.79 Å². The van der Waals surface area contributed by atoms with Gasteiger partial charge in [-0.2, -0.15) is 0 Å². The van der Waals surface area contributed by atoms with Crippen LogP contribution in [0.2, 0.25) is 5.02 Å². The third-order valence-corrected chi connectivity index (χ3v) is 3.74. The van der Waals surface area contributed by atoms with Gasteiger partial charge in [-0.3, -0.25) is 4.79 Å². The number of pyridine rings is 1. The average molecular weight is 341 g/mol. The number of likely N-dealkylation sites (tertiary alicyclic amines) is 1. The number of hydrogen-bond acceptors (Lipinski definition) is 3. The maximum absolute atomic E-state index is 12.2. The zero-order chi connectivity index (χ0) is 13.1. The van der Waals surface area contributed by atoms with Crippen LogP contribution in [0.15, 0.2) is 18.3 Å². The largest absolute Gasteiger partial charge is 0.337 e. The van der Waals surface area contributed by atoms with Crippen molar-refractivity contribution in [2.75, 3.05) is 13.1 Å². The van der Waals surface area contributed by atoms with Crippen LogP contribution in [0.3, 0.4) is 0 Å². The summed E-state index contributed by atoms with van der Waals surface area (Å²) >= 11 is 5.75. The Hall–Kier alpha value is -0.550. The summed E-state index contributed by atoms with van der Waals surface area (Å²) in [5, 5.41) is 0.544. The lowest BCUT2D eigenvalue weighted by Crippen LogP contribution is -2.42. The van der Waals surface area contributed by atoms with Crippen molar-refractivity contribution in [1.29, 1.82) is 0 Å². The lowest BCUT2D eigenvalue weighted by atomic mass is 9.91. The molecule has 0 bridgehead atoms. The topological polar surface area (TPSA) is 59.2 Å². The van der Waals surface area contributed by atoms with Gasteiger partial charge in [-0.25, -0.2) is 4.98 Å². The average Bonchev–Trinajstić information content (AvgIpc) is 2.39. The highest BCUT2D eigenvalue weighted by atomic mass is 35.5. The molecular weight excluding hydrogens is 321 g/mol. The van der Waals surface area contributed by atoms with E-state index in [0.29, 0.717) is 16.6 Å². The molecule has 1 aromatic rings. The SMILES string of the molecule is CC(N)C1CCN(C(=O)c2ccc(Cl)cn2)CC1.Cl.Cl. The molecule has 20 heavy (non-hydrogen) atoms. The maximum Gasteiger partial charge on any atom is 0.272 e. The highest BCUT2D eigenvalue weighted by Crippen LogP contribution is 2.20. The van der Waals surface area contributed by atoms with Gasteiger partial charge in [0.2, 0.25) is 0 Å². The van der Waals surface area contributed by atoms with Gasteiger partial charge in [0, 0.05) is 25.3 Å². The molecule has 2 rings (SSSR count). The second-order valence-electron chi connectivity index (χ2n) is 4.85. The Morgan fingerprint density at radius 1 is 1.40 bits per heavy atom. The Labute approximate surface area is 136 Å². The first-order valence-electron chi connectivity index (χ1n) is 6.24. The van der Waals surface area contributed by atoms with Crippen LogP contribution in [0.25, 0.3) is 0 Å². The Kier molecular flexibility index (Phi) is 8.44. The molecule has 1 saturated heterocycles. The smallest absolute Gasteiger partial charge is 0.272 e. The van der Waals surface area contributed by atoms with E-state index in [1.165, 1.54) is 6.20 Å². The van der Waals surface area contributed by atoms with Gasteiger partial charge in [-0.05, 0) is 37.8 Å². The molecule has 1 aliphatic heterocycles. The highest BCUT2D eigenvalue weighted by Gasteiger charge is 2.25. The fraction of sp³-hybridized carbons (Fsp3) is 0.538. The molecule has 1 amide bonds. The molecule has 0 radical (unpaired) electrons. The maximum atomic E-state index is 12.2. The van der Waals surface area contributed by atoms with Crippen molar-refractivity contribution >= 4 is 42.3 Å². The Bertz CT molecular complexity index is 417. The van der Waals surface area contributed by atoms with Crippen molar-refractivity contribution in [1.82, 2.24) is 9.88 Å².